The van der Waals surface area contributed by atoms with Crippen molar-refractivity contribution in [1.29, 1.82) is 0 Å². The van der Waals surface area contributed by atoms with Crippen LogP contribution in [-0.2, 0) is 11.3 Å². The number of nitrogens with zero attached hydrogens (tertiary/aromatic N) is 5. The molecule has 0 saturated carbocycles. The number of aliphatic hydroxyl groups excluding tert-OH is 1. The molecule has 0 radical (unpaired) electrons. The van der Waals surface area contributed by atoms with Gasteiger partial charge in [-0.05, 0) is 50.6 Å². The van der Waals surface area contributed by atoms with Crippen molar-refractivity contribution in [2.75, 3.05) is 19.8 Å². The number of ether oxygens (including phenoxy) is 1. The molecule has 1 atom stereocenters. The summed E-state index contributed by atoms with van der Waals surface area (Å²) in [6.45, 7) is 6.02. The van der Waals surface area contributed by atoms with Crippen molar-refractivity contribution in [2.45, 2.75) is 39.3 Å². The first-order chi connectivity index (χ1) is 18.0. The molecule has 0 fully saturated rings. The zero-order chi connectivity index (χ0) is 27.4. The first-order valence-electron chi connectivity index (χ1n) is 12.0. The van der Waals surface area contributed by atoms with Gasteiger partial charge in [0.1, 0.15) is 0 Å². The van der Waals surface area contributed by atoms with Crippen molar-refractivity contribution in [1.82, 2.24) is 30.4 Å². The quantitative estimate of drug-likeness (QED) is 0.297. The number of carbonyl (C=O) groups is 1. The first-order valence-corrected chi connectivity index (χ1v) is 12.0. The number of nitrogen functional groups attached to an aromatic ring is 1. The minimum absolute atomic E-state index is 0.0875. The van der Waals surface area contributed by atoms with Crippen LogP contribution in [0, 0.1) is 0 Å². The number of nitrogens with two attached hydrogens (primary N) is 1. The number of hydrogen-bond donors (Lipinski definition) is 3. The highest BCUT2D eigenvalue weighted by molar-refractivity contribution is 5.94. The van der Waals surface area contributed by atoms with Gasteiger partial charge in [0.2, 0.25) is 12.3 Å². The van der Waals surface area contributed by atoms with Crippen LogP contribution < -0.4 is 11.1 Å². The van der Waals surface area contributed by atoms with E-state index in [4.69, 9.17) is 14.9 Å². The third-order valence-corrected chi connectivity index (χ3v) is 5.41. The Kier molecular flexibility index (Phi) is 7.81. The third kappa shape index (κ3) is 6.57. The van der Waals surface area contributed by atoms with Crippen LogP contribution in [0.1, 0.15) is 36.7 Å². The second-order valence-corrected chi connectivity index (χ2v) is 9.84. The molecule has 4 aromatic rings. The lowest BCUT2D eigenvalue weighted by molar-refractivity contribution is -0.182. The number of aliphatic hydroxyl groups is 1. The standard InChI is InChI=1S/C27H31N7O4/c1-27(2,3)38-26(36)30-14-16-6-8-18(9-7-16)23-32-33-24(37-23)21-22(28)29-15-20(31-21)17-10-12-19(13-11-17)25(35)34(4)5/h6-13,15,26,30,36H,14H2,1-5H3,(H2,28,29). The molecule has 0 saturated heterocycles. The summed E-state index contributed by atoms with van der Waals surface area (Å²) in [6, 6.07) is 14.5. The summed E-state index contributed by atoms with van der Waals surface area (Å²) in [4.78, 5) is 22.5. The van der Waals surface area contributed by atoms with Gasteiger partial charge in [-0.15, -0.1) is 10.2 Å². The molecule has 198 valence electrons. The number of anilines is 1. The Morgan fingerprint density at radius 1 is 1.05 bits per heavy atom. The van der Waals surface area contributed by atoms with Gasteiger partial charge in [0.15, 0.2) is 11.5 Å². The topological polar surface area (TPSA) is 153 Å². The number of benzene rings is 2. The Labute approximate surface area is 220 Å². The zero-order valence-electron chi connectivity index (χ0n) is 22.0. The van der Waals surface area contributed by atoms with Crippen LogP contribution in [0.25, 0.3) is 34.3 Å². The lowest BCUT2D eigenvalue weighted by Crippen LogP contribution is -2.37. The number of amides is 1. The predicted octanol–water partition coefficient (Wildman–Crippen LogP) is 3.33. The number of nitrogens with one attached hydrogen (secondary N) is 1. The highest BCUT2D eigenvalue weighted by Gasteiger charge is 2.18. The number of hydrogen-bond acceptors (Lipinski definition) is 10. The predicted molar refractivity (Wildman–Crippen MR) is 142 cm³/mol. The molecule has 2 heterocycles. The molecule has 0 aliphatic heterocycles. The molecule has 1 amide bonds. The molecular formula is C27H31N7O4. The molecule has 2 aromatic carbocycles. The van der Waals surface area contributed by atoms with Gasteiger partial charge in [0.25, 0.3) is 11.8 Å². The molecule has 4 rings (SSSR count). The fourth-order valence-electron chi connectivity index (χ4n) is 3.52. The van der Waals surface area contributed by atoms with E-state index in [2.05, 4.69) is 25.5 Å². The van der Waals surface area contributed by atoms with Crippen LogP contribution in [0.2, 0.25) is 0 Å². The Morgan fingerprint density at radius 3 is 2.32 bits per heavy atom. The van der Waals surface area contributed by atoms with Crippen molar-refractivity contribution < 1.29 is 19.1 Å². The molecular weight excluding hydrogens is 486 g/mol. The number of aromatic nitrogens is 4. The van der Waals surface area contributed by atoms with E-state index >= 15 is 0 Å². The average Bonchev–Trinajstić information content (AvgIpc) is 3.37. The smallest absolute Gasteiger partial charge is 0.270 e. The Balaban J connectivity index is 1.48. The van der Waals surface area contributed by atoms with E-state index in [-0.39, 0.29) is 23.3 Å². The van der Waals surface area contributed by atoms with Crippen molar-refractivity contribution in [3.8, 4) is 34.3 Å². The van der Waals surface area contributed by atoms with E-state index < -0.39 is 12.0 Å². The van der Waals surface area contributed by atoms with Crippen molar-refractivity contribution in [2.24, 2.45) is 0 Å². The maximum atomic E-state index is 12.2. The van der Waals surface area contributed by atoms with E-state index in [0.29, 0.717) is 29.3 Å². The molecule has 0 spiro atoms. The first kappa shape index (κ1) is 26.9. The molecule has 0 aliphatic rings. The van der Waals surface area contributed by atoms with Crippen molar-refractivity contribution in [3.05, 3.63) is 65.9 Å². The summed E-state index contributed by atoms with van der Waals surface area (Å²) in [7, 11) is 3.40. The van der Waals surface area contributed by atoms with Gasteiger partial charge >= 0.3 is 0 Å². The Bertz CT molecular complexity index is 1390. The monoisotopic (exact) mass is 517 g/mol. The number of rotatable bonds is 8. The minimum Gasteiger partial charge on any atom is -0.414 e. The van der Waals surface area contributed by atoms with Gasteiger partial charge in [-0.25, -0.2) is 9.97 Å². The normalized spacial score (nSPS) is 12.4. The largest absolute Gasteiger partial charge is 0.414 e. The maximum Gasteiger partial charge on any atom is 0.270 e. The van der Waals surface area contributed by atoms with Gasteiger partial charge in [-0.1, -0.05) is 24.3 Å². The van der Waals surface area contributed by atoms with E-state index in [1.807, 2.05) is 45.0 Å². The van der Waals surface area contributed by atoms with Crippen LogP contribution in [0.5, 0.6) is 0 Å². The van der Waals surface area contributed by atoms with E-state index in [9.17, 15) is 9.90 Å². The lowest BCUT2D eigenvalue weighted by Gasteiger charge is -2.24. The van der Waals surface area contributed by atoms with Crippen LogP contribution in [0.15, 0.2) is 59.1 Å². The molecule has 1 unspecified atom stereocenters. The molecule has 38 heavy (non-hydrogen) atoms. The molecule has 0 aliphatic carbocycles. The van der Waals surface area contributed by atoms with Gasteiger partial charge in [0, 0.05) is 37.3 Å². The van der Waals surface area contributed by atoms with Crippen LogP contribution in [-0.4, -0.2) is 62.2 Å². The average molecular weight is 518 g/mol. The van der Waals surface area contributed by atoms with E-state index in [1.165, 1.54) is 4.90 Å². The summed E-state index contributed by atoms with van der Waals surface area (Å²) in [5.41, 5.74) is 9.40. The SMILES string of the molecule is CN(C)C(=O)c1ccc(-c2cnc(N)c(-c3nnc(-c4ccc(CNC(O)OC(C)(C)C)cc4)o3)n2)cc1. The third-order valence-electron chi connectivity index (χ3n) is 5.41. The molecule has 0 bridgehead atoms. The maximum absolute atomic E-state index is 12.2. The summed E-state index contributed by atoms with van der Waals surface area (Å²) in [5.74, 6) is 0.504. The molecule has 11 heteroatoms. The second-order valence-electron chi connectivity index (χ2n) is 9.84. The highest BCUT2D eigenvalue weighted by Crippen LogP contribution is 2.28. The molecule has 4 N–H and O–H groups in total. The fourth-order valence-corrected chi connectivity index (χ4v) is 3.52. The molecule has 2 aromatic heterocycles. The summed E-state index contributed by atoms with van der Waals surface area (Å²) < 4.78 is 11.3. The highest BCUT2D eigenvalue weighted by atomic mass is 16.6. The zero-order valence-corrected chi connectivity index (χ0v) is 22.0. The van der Waals surface area contributed by atoms with Crippen molar-refractivity contribution in [3.63, 3.8) is 0 Å². The Morgan fingerprint density at radius 2 is 1.68 bits per heavy atom. The number of carbonyl (C=O) groups excluding carboxylic acids is 1. The van der Waals surface area contributed by atoms with E-state index in [0.717, 1.165) is 11.1 Å². The Hall–Kier alpha value is -4.19. The summed E-state index contributed by atoms with van der Waals surface area (Å²) in [6.07, 6.45) is 0.476. The second kappa shape index (κ2) is 11.1. The van der Waals surface area contributed by atoms with Gasteiger partial charge in [0.05, 0.1) is 17.5 Å². The van der Waals surface area contributed by atoms with E-state index in [1.54, 1.807) is 44.6 Å². The van der Waals surface area contributed by atoms with Crippen molar-refractivity contribution >= 4 is 11.7 Å². The van der Waals surface area contributed by atoms with Crippen LogP contribution in [0.3, 0.4) is 0 Å². The van der Waals surface area contributed by atoms with Crippen LogP contribution in [0.4, 0.5) is 5.82 Å². The van der Waals surface area contributed by atoms with Crippen LogP contribution >= 0.6 is 0 Å². The summed E-state index contributed by atoms with van der Waals surface area (Å²) in [5, 5.41) is 21.1. The summed E-state index contributed by atoms with van der Waals surface area (Å²) >= 11 is 0. The molecule has 11 nitrogen and oxygen atoms in total. The van der Waals surface area contributed by atoms with Gasteiger partial charge in [-0.2, -0.15) is 0 Å². The lowest BCUT2D eigenvalue weighted by atomic mass is 10.1. The minimum atomic E-state index is -1.08. The van der Waals surface area contributed by atoms with Gasteiger partial charge in [-0.3, -0.25) is 10.1 Å². The fraction of sp³-hybridized carbons (Fsp3) is 0.296. The van der Waals surface area contributed by atoms with Gasteiger partial charge < -0.3 is 24.9 Å².